The van der Waals surface area contributed by atoms with Gasteiger partial charge in [-0.3, -0.25) is 4.79 Å². The molecule has 0 spiro atoms. The fraction of sp³-hybridized carbons (Fsp3) is 0.300. The van der Waals surface area contributed by atoms with E-state index >= 15 is 0 Å². The summed E-state index contributed by atoms with van der Waals surface area (Å²) in [6, 6.07) is 11.8. The van der Waals surface area contributed by atoms with Crippen LogP contribution in [0.1, 0.15) is 39.4 Å². The van der Waals surface area contributed by atoms with E-state index in [1.165, 1.54) is 24.3 Å². The molecule has 142 valence electrons. The number of hydrogen-bond acceptors (Lipinski definition) is 2. The molecule has 0 radical (unpaired) electrons. The lowest BCUT2D eigenvalue weighted by atomic mass is 10.0. The Kier molecular flexibility index (Phi) is 5.21. The Bertz CT molecular complexity index is 864. The summed E-state index contributed by atoms with van der Waals surface area (Å²) in [5, 5.41) is 11.7. The number of amides is 1. The number of carbonyl (C=O) groups excluding carboxylic acids is 1. The summed E-state index contributed by atoms with van der Waals surface area (Å²) in [6.07, 6.45) is -3.59. The highest BCUT2D eigenvalue weighted by molar-refractivity contribution is 5.87. The molecule has 0 saturated heterocycles. The number of alkyl halides is 3. The van der Waals surface area contributed by atoms with E-state index in [0.717, 1.165) is 11.6 Å². The maximum absolute atomic E-state index is 13.1. The second-order valence-corrected chi connectivity index (χ2v) is 6.58. The van der Waals surface area contributed by atoms with Crippen molar-refractivity contribution < 1.29 is 27.9 Å². The molecule has 1 fully saturated rings. The molecule has 4 nitrogen and oxygen atoms in total. The van der Waals surface area contributed by atoms with Crippen LogP contribution >= 0.6 is 0 Å². The van der Waals surface area contributed by atoms with Crippen molar-refractivity contribution in [1.82, 2.24) is 5.32 Å². The summed E-state index contributed by atoms with van der Waals surface area (Å²) in [5.74, 6) is -2.17. The third-order valence-electron chi connectivity index (χ3n) is 4.68. The molecule has 1 aliphatic rings. The molecule has 2 unspecified atom stereocenters. The van der Waals surface area contributed by atoms with E-state index in [9.17, 15) is 22.8 Å². The molecule has 2 N–H and O–H groups in total. The van der Waals surface area contributed by atoms with Crippen LogP contribution in [0, 0.1) is 5.92 Å². The monoisotopic (exact) mass is 377 g/mol. The number of aromatic carboxylic acids is 1. The van der Waals surface area contributed by atoms with Crippen molar-refractivity contribution in [1.29, 1.82) is 0 Å². The van der Waals surface area contributed by atoms with Gasteiger partial charge in [-0.25, -0.2) is 4.79 Å². The van der Waals surface area contributed by atoms with Gasteiger partial charge in [0.25, 0.3) is 0 Å². The quantitative estimate of drug-likeness (QED) is 0.803. The number of rotatable bonds is 6. The van der Waals surface area contributed by atoms with Crippen molar-refractivity contribution in [3.63, 3.8) is 0 Å². The van der Waals surface area contributed by atoms with E-state index < -0.39 is 29.5 Å². The summed E-state index contributed by atoms with van der Waals surface area (Å²) in [5.41, 5.74) is 0.421. The van der Waals surface area contributed by atoms with Gasteiger partial charge >= 0.3 is 12.1 Å². The lowest BCUT2D eigenvalue weighted by Crippen LogP contribution is -2.27. The van der Waals surface area contributed by atoms with Crippen LogP contribution in [0.5, 0.6) is 0 Å². The largest absolute Gasteiger partial charge is 0.478 e. The van der Waals surface area contributed by atoms with E-state index in [0.29, 0.717) is 19.4 Å². The first-order valence-electron chi connectivity index (χ1n) is 8.53. The second kappa shape index (κ2) is 7.42. The Balaban J connectivity index is 1.56. The average Bonchev–Trinajstić information content (AvgIpc) is 3.42. The highest BCUT2D eigenvalue weighted by Gasteiger charge is 2.47. The van der Waals surface area contributed by atoms with Crippen molar-refractivity contribution in [2.75, 3.05) is 6.54 Å². The molecule has 2 atom stereocenters. The summed E-state index contributed by atoms with van der Waals surface area (Å²) < 4.78 is 39.3. The van der Waals surface area contributed by atoms with E-state index in [1.807, 2.05) is 0 Å². The third kappa shape index (κ3) is 4.48. The topological polar surface area (TPSA) is 66.4 Å². The van der Waals surface area contributed by atoms with Crippen LogP contribution in [-0.2, 0) is 17.4 Å². The van der Waals surface area contributed by atoms with Gasteiger partial charge in [-0.1, -0.05) is 30.3 Å². The van der Waals surface area contributed by atoms with Gasteiger partial charge in [0.2, 0.25) is 5.91 Å². The van der Waals surface area contributed by atoms with Crippen LogP contribution < -0.4 is 5.32 Å². The number of carbonyl (C=O) groups is 2. The molecule has 2 aromatic carbocycles. The molecule has 0 heterocycles. The van der Waals surface area contributed by atoms with E-state index in [1.54, 1.807) is 18.2 Å². The number of carboxylic acids is 1. The van der Waals surface area contributed by atoms with E-state index in [4.69, 9.17) is 5.11 Å². The second-order valence-electron chi connectivity index (χ2n) is 6.58. The van der Waals surface area contributed by atoms with Crippen molar-refractivity contribution in [3.05, 3.63) is 70.8 Å². The summed E-state index contributed by atoms with van der Waals surface area (Å²) in [6.45, 7) is 0.298. The minimum absolute atomic E-state index is 0.166. The highest BCUT2D eigenvalue weighted by atomic mass is 19.4. The molecule has 0 aromatic heterocycles. The van der Waals surface area contributed by atoms with Gasteiger partial charge in [-0.15, -0.1) is 0 Å². The number of hydrogen-bond donors (Lipinski definition) is 2. The van der Waals surface area contributed by atoms with Crippen molar-refractivity contribution in [2.45, 2.75) is 24.9 Å². The first kappa shape index (κ1) is 18.9. The SMILES string of the molecule is O=C(O)c1cccc(CCNC(=O)C2CC2c2ccccc2C(F)(F)F)c1. The average molecular weight is 377 g/mol. The predicted octanol–water partition coefficient (Wildman–Crippen LogP) is 3.87. The summed E-state index contributed by atoms with van der Waals surface area (Å²) in [7, 11) is 0. The highest BCUT2D eigenvalue weighted by Crippen LogP contribution is 2.50. The minimum atomic E-state index is -4.44. The predicted molar refractivity (Wildman–Crippen MR) is 92.4 cm³/mol. The zero-order valence-electron chi connectivity index (χ0n) is 14.3. The van der Waals surface area contributed by atoms with E-state index in [2.05, 4.69) is 5.32 Å². The molecule has 0 bridgehead atoms. The zero-order valence-corrected chi connectivity index (χ0v) is 14.3. The molecule has 27 heavy (non-hydrogen) atoms. The number of benzene rings is 2. The fourth-order valence-corrected chi connectivity index (χ4v) is 3.23. The number of nitrogens with one attached hydrogen (secondary N) is 1. The molecular weight excluding hydrogens is 359 g/mol. The molecule has 0 aliphatic heterocycles. The lowest BCUT2D eigenvalue weighted by molar-refractivity contribution is -0.138. The van der Waals surface area contributed by atoms with Crippen LogP contribution in [0.4, 0.5) is 13.2 Å². The van der Waals surface area contributed by atoms with Crippen LogP contribution in [-0.4, -0.2) is 23.5 Å². The summed E-state index contributed by atoms with van der Waals surface area (Å²) in [4.78, 5) is 23.2. The van der Waals surface area contributed by atoms with Gasteiger partial charge in [-0.2, -0.15) is 13.2 Å². The number of halogens is 3. The van der Waals surface area contributed by atoms with Crippen LogP contribution in [0.3, 0.4) is 0 Å². The first-order valence-corrected chi connectivity index (χ1v) is 8.53. The molecule has 3 rings (SSSR count). The van der Waals surface area contributed by atoms with Crippen LogP contribution in [0.2, 0.25) is 0 Å². The van der Waals surface area contributed by atoms with Crippen LogP contribution in [0.15, 0.2) is 48.5 Å². The van der Waals surface area contributed by atoms with Gasteiger partial charge < -0.3 is 10.4 Å². The molecule has 2 aromatic rings. The maximum atomic E-state index is 13.1. The van der Waals surface area contributed by atoms with Crippen LogP contribution in [0.25, 0.3) is 0 Å². The normalized spacial score (nSPS) is 18.8. The van der Waals surface area contributed by atoms with Gasteiger partial charge in [0, 0.05) is 12.5 Å². The minimum Gasteiger partial charge on any atom is -0.478 e. The molecule has 7 heteroatoms. The Hall–Kier alpha value is -2.83. The smallest absolute Gasteiger partial charge is 0.416 e. The van der Waals surface area contributed by atoms with Crippen molar-refractivity contribution >= 4 is 11.9 Å². The molecule has 1 amide bonds. The standard InChI is InChI=1S/C20H18F3NO3/c21-20(22,23)17-7-2-1-6-14(17)15-11-16(15)18(25)24-9-8-12-4-3-5-13(10-12)19(26)27/h1-7,10,15-16H,8-9,11H2,(H,24,25)(H,26,27). The molecule has 1 saturated carbocycles. The van der Waals surface area contributed by atoms with Crippen molar-refractivity contribution in [2.24, 2.45) is 5.92 Å². The zero-order chi connectivity index (χ0) is 19.6. The molecule has 1 aliphatic carbocycles. The van der Waals surface area contributed by atoms with Gasteiger partial charge in [0.15, 0.2) is 0 Å². The van der Waals surface area contributed by atoms with Crippen molar-refractivity contribution in [3.8, 4) is 0 Å². The Morgan fingerprint density at radius 1 is 1.11 bits per heavy atom. The fourth-order valence-electron chi connectivity index (χ4n) is 3.23. The maximum Gasteiger partial charge on any atom is 0.416 e. The van der Waals surface area contributed by atoms with Gasteiger partial charge in [0.1, 0.15) is 0 Å². The Morgan fingerprint density at radius 2 is 1.85 bits per heavy atom. The third-order valence-corrected chi connectivity index (χ3v) is 4.68. The lowest BCUT2D eigenvalue weighted by Gasteiger charge is -2.12. The Morgan fingerprint density at radius 3 is 2.56 bits per heavy atom. The van der Waals surface area contributed by atoms with Gasteiger partial charge in [-0.05, 0) is 48.1 Å². The summed E-state index contributed by atoms with van der Waals surface area (Å²) >= 11 is 0. The Labute approximate surface area is 154 Å². The van der Waals surface area contributed by atoms with Gasteiger partial charge in [0.05, 0.1) is 11.1 Å². The molecular formula is C20H18F3NO3. The van der Waals surface area contributed by atoms with E-state index in [-0.39, 0.29) is 17.0 Å². The number of carboxylic acid groups (broad SMARTS) is 1. The first-order chi connectivity index (χ1) is 12.8.